The monoisotopic (exact) mass is 533 g/mol. The van der Waals surface area contributed by atoms with Crippen molar-refractivity contribution in [1.82, 2.24) is 5.43 Å². The first-order chi connectivity index (χ1) is 14.5. The Balaban J connectivity index is 1.47. The van der Waals surface area contributed by atoms with E-state index in [1.54, 1.807) is 19.4 Å². The van der Waals surface area contributed by atoms with Gasteiger partial charge in [-0.05, 0) is 65.5 Å². The number of methoxy groups -OCH3 is 1. The Morgan fingerprint density at radius 3 is 2.73 bits per heavy atom. The SMILES string of the molecule is COc1cc(N2CCCCC2)ccc1/C=N\NC(=O)c1cc2cc(Br)cc(Br)c2o1. The lowest BCUT2D eigenvalue weighted by Crippen LogP contribution is -2.29. The Kier molecular flexibility index (Phi) is 6.43. The van der Waals surface area contributed by atoms with Crippen LogP contribution < -0.4 is 15.1 Å². The molecule has 0 atom stereocenters. The van der Waals surface area contributed by atoms with E-state index in [1.807, 2.05) is 24.3 Å². The number of hydrazone groups is 1. The number of benzene rings is 2. The fourth-order valence-corrected chi connectivity index (χ4v) is 4.90. The van der Waals surface area contributed by atoms with Gasteiger partial charge in [0.1, 0.15) is 11.3 Å². The highest BCUT2D eigenvalue weighted by Gasteiger charge is 2.15. The maximum Gasteiger partial charge on any atom is 0.307 e. The van der Waals surface area contributed by atoms with Crippen molar-refractivity contribution in [3.8, 4) is 5.75 Å². The van der Waals surface area contributed by atoms with E-state index in [2.05, 4.69) is 53.4 Å². The average molecular weight is 535 g/mol. The number of fused-ring (bicyclic) bond motifs is 1. The lowest BCUT2D eigenvalue weighted by molar-refractivity contribution is 0.0929. The third kappa shape index (κ3) is 4.54. The fourth-order valence-electron chi connectivity index (χ4n) is 3.56. The summed E-state index contributed by atoms with van der Waals surface area (Å²) in [5.74, 6) is 0.483. The molecule has 1 aliphatic rings. The van der Waals surface area contributed by atoms with Gasteiger partial charge in [0.2, 0.25) is 0 Å². The van der Waals surface area contributed by atoms with Gasteiger partial charge in [-0.15, -0.1) is 0 Å². The molecule has 2 heterocycles. The summed E-state index contributed by atoms with van der Waals surface area (Å²) >= 11 is 6.87. The summed E-state index contributed by atoms with van der Waals surface area (Å²) in [4.78, 5) is 14.8. The zero-order valence-corrected chi connectivity index (χ0v) is 19.6. The van der Waals surface area contributed by atoms with Crippen LogP contribution in [-0.4, -0.2) is 32.3 Å². The molecule has 1 fully saturated rings. The molecule has 1 saturated heterocycles. The van der Waals surface area contributed by atoms with Gasteiger partial charge in [0.25, 0.3) is 0 Å². The molecule has 6 nitrogen and oxygen atoms in total. The Morgan fingerprint density at radius 1 is 1.17 bits per heavy atom. The first-order valence-electron chi connectivity index (χ1n) is 9.70. The highest BCUT2D eigenvalue weighted by atomic mass is 79.9. The van der Waals surface area contributed by atoms with Crippen LogP contribution in [0.25, 0.3) is 11.0 Å². The number of hydrogen-bond donors (Lipinski definition) is 1. The second-order valence-electron chi connectivity index (χ2n) is 7.09. The Morgan fingerprint density at radius 2 is 1.97 bits per heavy atom. The van der Waals surface area contributed by atoms with Crippen LogP contribution in [0.5, 0.6) is 5.75 Å². The van der Waals surface area contributed by atoms with Crippen molar-refractivity contribution in [3.63, 3.8) is 0 Å². The van der Waals surface area contributed by atoms with Crippen LogP contribution >= 0.6 is 31.9 Å². The molecular formula is C22H21Br2N3O3. The highest BCUT2D eigenvalue weighted by Crippen LogP contribution is 2.31. The number of nitrogens with one attached hydrogen (secondary N) is 1. The number of nitrogens with zero attached hydrogens (tertiary/aromatic N) is 2. The number of rotatable bonds is 5. The molecule has 0 radical (unpaired) electrons. The molecule has 4 rings (SSSR count). The first-order valence-corrected chi connectivity index (χ1v) is 11.3. The van der Waals surface area contributed by atoms with Crippen molar-refractivity contribution in [2.24, 2.45) is 5.10 Å². The van der Waals surface area contributed by atoms with Crippen molar-refractivity contribution >= 4 is 60.6 Å². The molecule has 1 amide bonds. The number of amides is 1. The fraction of sp³-hybridized carbons (Fsp3) is 0.273. The van der Waals surface area contributed by atoms with Crippen molar-refractivity contribution in [1.29, 1.82) is 0 Å². The molecule has 2 aromatic carbocycles. The molecule has 30 heavy (non-hydrogen) atoms. The van der Waals surface area contributed by atoms with Gasteiger partial charge in [0.15, 0.2) is 5.76 Å². The predicted molar refractivity (Wildman–Crippen MR) is 126 cm³/mol. The number of hydrogen-bond acceptors (Lipinski definition) is 5. The standard InChI is InChI=1S/C22H21Br2N3O3/c1-29-19-12-17(27-7-3-2-4-8-27)6-5-14(19)13-25-26-22(28)20-10-15-9-16(23)11-18(24)21(15)30-20/h5-6,9-13H,2-4,7-8H2,1H3,(H,26,28)/b25-13-. The normalized spacial score (nSPS) is 14.4. The highest BCUT2D eigenvalue weighted by molar-refractivity contribution is 9.11. The molecule has 0 bridgehead atoms. The van der Waals surface area contributed by atoms with Gasteiger partial charge in [-0.1, -0.05) is 15.9 Å². The molecule has 1 N–H and O–H groups in total. The quantitative estimate of drug-likeness (QED) is 0.336. The average Bonchev–Trinajstić information content (AvgIpc) is 3.19. The second-order valence-corrected chi connectivity index (χ2v) is 8.86. The number of carbonyl (C=O) groups is 1. The Labute approximate surface area is 191 Å². The molecule has 0 unspecified atom stereocenters. The number of carbonyl (C=O) groups excluding carboxylic acids is 1. The number of piperidine rings is 1. The van der Waals surface area contributed by atoms with E-state index in [9.17, 15) is 4.79 Å². The van der Waals surface area contributed by atoms with E-state index in [1.165, 1.54) is 19.3 Å². The molecule has 156 valence electrons. The van der Waals surface area contributed by atoms with Crippen LogP contribution in [0.3, 0.4) is 0 Å². The number of anilines is 1. The lowest BCUT2D eigenvalue weighted by atomic mass is 10.1. The van der Waals surface area contributed by atoms with Gasteiger partial charge in [-0.2, -0.15) is 5.10 Å². The summed E-state index contributed by atoms with van der Waals surface area (Å²) in [5, 5.41) is 4.90. The van der Waals surface area contributed by atoms with Gasteiger partial charge >= 0.3 is 5.91 Å². The number of furan rings is 1. The third-order valence-corrected chi connectivity index (χ3v) is 6.11. The molecule has 8 heteroatoms. The van der Waals surface area contributed by atoms with Crippen molar-refractivity contribution in [3.05, 3.63) is 56.7 Å². The molecular weight excluding hydrogens is 514 g/mol. The molecule has 0 saturated carbocycles. The molecule has 1 aromatic heterocycles. The molecule has 0 aliphatic carbocycles. The summed E-state index contributed by atoms with van der Waals surface area (Å²) < 4.78 is 12.9. The molecule has 1 aliphatic heterocycles. The Hall–Kier alpha value is -2.32. The summed E-state index contributed by atoms with van der Waals surface area (Å²) in [5.41, 5.74) is 5.06. The van der Waals surface area contributed by atoms with Crippen LogP contribution in [0, 0.1) is 0 Å². The van der Waals surface area contributed by atoms with Crippen LogP contribution in [0.1, 0.15) is 35.4 Å². The number of halogens is 2. The number of ether oxygens (including phenoxy) is 1. The van der Waals surface area contributed by atoms with Gasteiger partial charge in [-0.25, -0.2) is 5.43 Å². The minimum absolute atomic E-state index is 0.188. The van der Waals surface area contributed by atoms with Crippen molar-refractivity contribution in [2.45, 2.75) is 19.3 Å². The Bertz CT molecular complexity index is 1100. The largest absolute Gasteiger partial charge is 0.496 e. The minimum Gasteiger partial charge on any atom is -0.496 e. The minimum atomic E-state index is -0.422. The topological polar surface area (TPSA) is 67.1 Å². The molecule has 0 spiro atoms. The van der Waals surface area contributed by atoms with E-state index in [-0.39, 0.29) is 5.76 Å². The summed E-state index contributed by atoms with van der Waals surface area (Å²) in [7, 11) is 1.63. The van der Waals surface area contributed by atoms with Crippen molar-refractivity contribution < 1.29 is 13.9 Å². The summed E-state index contributed by atoms with van der Waals surface area (Å²) in [6, 6.07) is 11.5. The van der Waals surface area contributed by atoms with Gasteiger partial charge < -0.3 is 14.1 Å². The van der Waals surface area contributed by atoms with Crippen LogP contribution in [0.2, 0.25) is 0 Å². The van der Waals surface area contributed by atoms with Crippen LogP contribution in [0.4, 0.5) is 5.69 Å². The van der Waals surface area contributed by atoms with E-state index in [4.69, 9.17) is 9.15 Å². The maximum absolute atomic E-state index is 12.4. The van der Waals surface area contributed by atoms with Gasteiger partial charge in [-0.3, -0.25) is 4.79 Å². The van der Waals surface area contributed by atoms with E-state index < -0.39 is 5.91 Å². The van der Waals surface area contributed by atoms with Crippen molar-refractivity contribution in [2.75, 3.05) is 25.1 Å². The van der Waals surface area contributed by atoms with E-state index in [0.29, 0.717) is 11.3 Å². The smallest absolute Gasteiger partial charge is 0.307 e. The van der Waals surface area contributed by atoms with E-state index in [0.717, 1.165) is 38.7 Å². The van der Waals surface area contributed by atoms with E-state index >= 15 is 0 Å². The van der Waals surface area contributed by atoms with Gasteiger partial charge in [0, 0.05) is 40.3 Å². The van der Waals surface area contributed by atoms with Gasteiger partial charge in [0.05, 0.1) is 17.8 Å². The lowest BCUT2D eigenvalue weighted by Gasteiger charge is -2.29. The predicted octanol–water partition coefficient (Wildman–Crippen LogP) is 5.72. The molecule has 3 aromatic rings. The zero-order valence-electron chi connectivity index (χ0n) is 16.5. The third-order valence-electron chi connectivity index (χ3n) is 5.07. The first kappa shape index (κ1) is 20.9. The second kappa shape index (κ2) is 9.22. The van der Waals surface area contributed by atoms with Crippen LogP contribution in [-0.2, 0) is 0 Å². The summed E-state index contributed by atoms with van der Waals surface area (Å²) in [6.07, 6.45) is 5.29. The summed E-state index contributed by atoms with van der Waals surface area (Å²) in [6.45, 7) is 2.13. The maximum atomic E-state index is 12.4. The zero-order chi connectivity index (χ0) is 21.1. The van der Waals surface area contributed by atoms with Crippen LogP contribution in [0.15, 0.2) is 54.9 Å².